The van der Waals surface area contributed by atoms with E-state index < -0.39 is 10.9 Å². The van der Waals surface area contributed by atoms with Crippen LogP contribution in [0.2, 0.25) is 0 Å². The highest BCUT2D eigenvalue weighted by Gasteiger charge is 2.20. The maximum atomic E-state index is 11.8. The Bertz CT molecular complexity index is 952. The SMILES string of the molecule is Cc1nn(C)c(C)c1CCNc1c(NCc2ccncc2)c(=O)c1=O. The standard InChI is InChI=1S/C18H21N5O2/c1-11-14(12(2)23(3)22-11)6-9-20-15-16(18(25)17(15)24)21-10-13-4-7-19-8-5-13/h4-5,7-8,20-21H,6,9-10H2,1-3H3. The van der Waals surface area contributed by atoms with Crippen molar-refractivity contribution >= 4 is 11.4 Å². The lowest BCUT2D eigenvalue weighted by Crippen LogP contribution is -2.37. The normalized spacial score (nSPS) is 11.0. The van der Waals surface area contributed by atoms with E-state index in [1.54, 1.807) is 12.4 Å². The maximum Gasteiger partial charge on any atom is 0.253 e. The molecular formula is C18H21N5O2. The number of aryl methyl sites for hydroxylation is 2. The highest BCUT2D eigenvalue weighted by Crippen LogP contribution is 2.17. The molecule has 7 nitrogen and oxygen atoms in total. The molecule has 0 fully saturated rings. The Morgan fingerprint density at radius 1 is 1.04 bits per heavy atom. The summed E-state index contributed by atoms with van der Waals surface area (Å²) in [5, 5.41) is 10.5. The van der Waals surface area contributed by atoms with Crippen LogP contribution in [0.1, 0.15) is 22.5 Å². The van der Waals surface area contributed by atoms with E-state index >= 15 is 0 Å². The summed E-state index contributed by atoms with van der Waals surface area (Å²) in [5.41, 5.74) is 4.07. The lowest BCUT2D eigenvalue weighted by atomic mass is 10.1. The molecule has 0 radical (unpaired) electrons. The highest BCUT2D eigenvalue weighted by molar-refractivity contribution is 5.74. The zero-order valence-electron chi connectivity index (χ0n) is 14.6. The molecule has 0 unspecified atom stereocenters. The highest BCUT2D eigenvalue weighted by atomic mass is 16.2. The number of nitrogens with zero attached hydrogens (tertiary/aromatic N) is 3. The van der Waals surface area contributed by atoms with Gasteiger partial charge in [-0.1, -0.05) is 0 Å². The van der Waals surface area contributed by atoms with Gasteiger partial charge in [-0.3, -0.25) is 19.3 Å². The van der Waals surface area contributed by atoms with Gasteiger partial charge in [0.15, 0.2) is 0 Å². The van der Waals surface area contributed by atoms with Crippen LogP contribution in [0.3, 0.4) is 0 Å². The van der Waals surface area contributed by atoms with Crippen LogP contribution in [-0.2, 0) is 20.0 Å². The zero-order valence-corrected chi connectivity index (χ0v) is 14.6. The van der Waals surface area contributed by atoms with E-state index in [4.69, 9.17) is 0 Å². The third-order valence-electron chi connectivity index (χ3n) is 4.46. The van der Waals surface area contributed by atoms with Crippen molar-refractivity contribution < 1.29 is 0 Å². The molecule has 2 aromatic heterocycles. The van der Waals surface area contributed by atoms with E-state index in [2.05, 4.69) is 20.7 Å². The van der Waals surface area contributed by atoms with Crippen LogP contribution in [0.4, 0.5) is 11.4 Å². The monoisotopic (exact) mass is 339 g/mol. The second-order valence-corrected chi connectivity index (χ2v) is 6.07. The van der Waals surface area contributed by atoms with Gasteiger partial charge in [0.05, 0.1) is 5.69 Å². The van der Waals surface area contributed by atoms with E-state index in [9.17, 15) is 9.59 Å². The topological polar surface area (TPSA) is 88.9 Å². The van der Waals surface area contributed by atoms with E-state index in [1.807, 2.05) is 37.7 Å². The third kappa shape index (κ3) is 3.31. The molecular weight excluding hydrogens is 318 g/mol. The minimum Gasteiger partial charge on any atom is -0.380 e. The molecule has 2 N–H and O–H groups in total. The molecule has 0 atom stereocenters. The number of rotatable bonds is 7. The molecule has 130 valence electrons. The van der Waals surface area contributed by atoms with Gasteiger partial charge < -0.3 is 10.6 Å². The zero-order chi connectivity index (χ0) is 18.0. The van der Waals surface area contributed by atoms with Crippen molar-refractivity contribution in [3.05, 3.63) is 67.5 Å². The Kier molecular flexibility index (Phi) is 4.65. The minimum absolute atomic E-state index is 0.362. The van der Waals surface area contributed by atoms with Crippen molar-refractivity contribution in [2.75, 3.05) is 17.2 Å². The lowest BCUT2D eigenvalue weighted by Gasteiger charge is -2.15. The summed E-state index contributed by atoms with van der Waals surface area (Å²) in [6, 6.07) is 3.72. The van der Waals surface area contributed by atoms with Gasteiger partial charge >= 0.3 is 0 Å². The second kappa shape index (κ2) is 6.88. The molecule has 0 saturated carbocycles. The van der Waals surface area contributed by atoms with Crippen molar-refractivity contribution in [2.45, 2.75) is 26.8 Å². The first-order valence-corrected chi connectivity index (χ1v) is 8.18. The number of pyridine rings is 1. The van der Waals surface area contributed by atoms with Crippen LogP contribution in [0.25, 0.3) is 0 Å². The molecule has 0 aliphatic rings. The molecule has 0 spiro atoms. The number of aromatic nitrogens is 3. The van der Waals surface area contributed by atoms with Crippen LogP contribution < -0.4 is 21.5 Å². The molecule has 7 heteroatoms. The summed E-state index contributed by atoms with van der Waals surface area (Å²) in [6.07, 6.45) is 4.13. The summed E-state index contributed by atoms with van der Waals surface area (Å²) < 4.78 is 1.85. The first-order valence-electron chi connectivity index (χ1n) is 8.18. The van der Waals surface area contributed by atoms with Gasteiger partial charge in [-0.25, -0.2) is 0 Å². The number of nitrogens with one attached hydrogen (secondary N) is 2. The summed E-state index contributed by atoms with van der Waals surface area (Å²) in [5.74, 6) is 0. The molecule has 3 rings (SSSR count). The van der Waals surface area contributed by atoms with Crippen molar-refractivity contribution in [3.63, 3.8) is 0 Å². The third-order valence-corrected chi connectivity index (χ3v) is 4.46. The summed E-state index contributed by atoms with van der Waals surface area (Å²) >= 11 is 0. The molecule has 0 amide bonds. The van der Waals surface area contributed by atoms with Crippen molar-refractivity contribution in [3.8, 4) is 0 Å². The predicted molar refractivity (Wildman–Crippen MR) is 97.8 cm³/mol. The van der Waals surface area contributed by atoms with Crippen LogP contribution in [0.15, 0.2) is 34.1 Å². The van der Waals surface area contributed by atoms with E-state index in [0.717, 1.165) is 23.4 Å². The second-order valence-electron chi connectivity index (χ2n) is 6.07. The Morgan fingerprint density at radius 2 is 1.68 bits per heavy atom. The fraction of sp³-hybridized carbons (Fsp3) is 0.333. The van der Waals surface area contributed by atoms with Crippen molar-refractivity contribution in [2.24, 2.45) is 7.05 Å². The number of anilines is 2. The molecule has 0 saturated heterocycles. The van der Waals surface area contributed by atoms with Crippen molar-refractivity contribution in [1.29, 1.82) is 0 Å². The van der Waals surface area contributed by atoms with Gasteiger partial charge in [0.1, 0.15) is 11.4 Å². The first-order chi connectivity index (χ1) is 12.0. The lowest BCUT2D eigenvalue weighted by molar-refractivity contribution is 0.730. The fourth-order valence-electron chi connectivity index (χ4n) is 2.91. The van der Waals surface area contributed by atoms with E-state index in [-0.39, 0.29) is 0 Å². The number of hydrogen-bond donors (Lipinski definition) is 2. The fourth-order valence-corrected chi connectivity index (χ4v) is 2.91. The van der Waals surface area contributed by atoms with Gasteiger partial charge in [0.25, 0.3) is 10.9 Å². The molecule has 0 aliphatic carbocycles. The van der Waals surface area contributed by atoms with Gasteiger partial charge in [0, 0.05) is 38.2 Å². The minimum atomic E-state index is -0.467. The maximum absolute atomic E-state index is 11.8. The van der Waals surface area contributed by atoms with Gasteiger partial charge in [-0.05, 0) is 43.5 Å². The molecule has 0 bridgehead atoms. The van der Waals surface area contributed by atoms with E-state index in [1.165, 1.54) is 5.56 Å². The smallest absolute Gasteiger partial charge is 0.253 e. The molecule has 0 aliphatic heterocycles. The van der Waals surface area contributed by atoms with Crippen LogP contribution in [0, 0.1) is 13.8 Å². The Hall–Kier alpha value is -2.96. The molecule has 25 heavy (non-hydrogen) atoms. The Balaban J connectivity index is 1.62. The Labute approximate surface area is 145 Å². The Morgan fingerprint density at radius 3 is 2.28 bits per heavy atom. The first kappa shape index (κ1) is 16.9. The van der Waals surface area contributed by atoms with Crippen LogP contribution in [0.5, 0.6) is 0 Å². The largest absolute Gasteiger partial charge is 0.380 e. The molecule has 3 aromatic rings. The van der Waals surface area contributed by atoms with Gasteiger partial charge in [-0.2, -0.15) is 5.10 Å². The van der Waals surface area contributed by atoms with Crippen LogP contribution >= 0.6 is 0 Å². The quantitative estimate of drug-likeness (QED) is 0.631. The van der Waals surface area contributed by atoms with Gasteiger partial charge in [0.2, 0.25) is 0 Å². The number of hydrogen-bond acceptors (Lipinski definition) is 6. The molecule has 1 aromatic carbocycles. The molecule has 2 heterocycles. The average Bonchev–Trinajstić information content (AvgIpc) is 2.86. The summed E-state index contributed by atoms with van der Waals surface area (Å²) in [6.45, 7) is 5.04. The van der Waals surface area contributed by atoms with Crippen LogP contribution in [-0.4, -0.2) is 21.3 Å². The predicted octanol–water partition coefficient (Wildman–Crippen LogP) is 1.29. The summed E-state index contributed by atoms with van der Waals surface area (Å²) in [7, 11) is 1.91. The summed E-state index contributed by atoms with van der Waals surface area (Å²) in [4.78, 5) is 27.6. The van der Waals surface area contributed by atoms with E-state index in [0.29, 0.717) is 24.5 Å². The van der Waals surface area contributed by atoms with Gasteiger partial charge in [-0.15, -0.1) is 0 Å². The average molecular weight is 339 g/mol. The van der Waals surface area contributed by atoms with Crippen molar-refractivity contribution in [1.82, 2.24) is 14.8 Å².